The molecule has 1 aromatic carbocycles. The number of hydrogen-bond donors (Lipinski definition) is 0. The number of esters is 1. The Morgan fingerprint density at radius 1 is 1.04 bits per heavy atom. The topological polar surface area (TPSA) is 44.8 Å². The number of unbranched alkanes of at least 4 members (excludes halogenated alkanes) is 3. The second-order valence-electron chi connectivity index (χ2n) is 6.41. The van der Waals surface area contributed by atoms with E-state index in [0.717, 1.165) is 25.2 Å². The second kappa shape index (κ2) is 11.8. The lowest BCUT2D eigenvalue weighted by Gasteiger charge is -2.14. The monoisotopic (exact) mass is 336 g/mol. The number of hydrogen-bond acceptors (Lipinski definition) is 4. The molecule has 0 N–H and O–H groups in total. The Morgan fingerprint density at radius 2 is 1.75 bits per heavy atom. The van der Waals surface area contributed by atoms with Gasteiger partial charge in [0.2, 0.25) is 0 Å². The molecule has 1 rings (SSSR count). The van der Waals surface area contributed by atoms with Crippen LogP contribution in [0.15, 0.2) is 18.2 Å². The van der Waals surface area contributed by atoms with Gasteiger partial charge in [-0.1, -0.05) is 52.5 Å². The van der Waals surface area contributed by atoms with Gasteiger partial charge in [-0.25, -0.2) is 4.79 Å². The van der Waals surface area contributed by atoms with Crippen molar-refractivity contribution >= 4 is 5.97 Å². The lowest BCUT2D eigenvalue weighted by Crippen LogP contribution is -2.11. The molecule has 0 aliphatic rings. The van der Waals surface area contributed by atoms with Crippen LogP contribution >= 0.6 is 0 Å². The van der Waals surface area contributed by atoms with E-state index in [-0.39, 0.29) is 5.97 Å². The van der Waals surface area contributed by atoms with Crippen LogP contribution < -0.4 is 9.47 Å². The molecule has 0 aromatic heterocycles. The summed E-state index contributed by atoms with van der Waals surface area (Å²) in [6.07, 6.45) is 6.55. The summed E-state index contributed by atoms with van der Waals surface area (Å²) >= 11 is 0. The summed E-state index contributed by atoms with van der Waals surface area (Å²) in [6, 6.07) is 5.34. The zero-order valence-corrected chi connectivity index (χ0v) is 15.6. The molecule has 0 aliphatic heterocycles. The molecule has 0 heterocycles. The Labute approximate surface area is 146 Å². The zero-order valence-electron chi connectivity index (χ0n) is 15.6. The maximum atomic E-state index is 12.4. The van der Waals surface area contributed by atoms with Crippen LogP contribution in [0.5, 0.6) is 11.5 Å². The van der Waals surface area contributed by atoms with E-state index < -0.39 is 0 Å². The van der Waals surface area contributed by atoms with Gasteiger partial charge in [-0.2, -0.15) is 0 Å². The molecule has 24 heavy (non-hydrogen) atoms. The number of carbonyl (C=O) groups is 1. The lowest BCUT2D eigenvalue weighted by atomic mass is 10.0. The fourth-order valence-corrected chi connectivity index (χ4v) is 2.46. The van der Waals surface area contributed by atoms with Crippen molar-refractivity contribution in [2.45, 2.75) is 59.3 Å². The van der Waals surface area contributed by atoms with Crippen molar-refractivity contribution in [1.82, 2.24) is 0 Å². The van der Waals surface area contributed by atoms with Gasteiger partial charge >= 0.3 is 5.97 Å². The fourth-order valence-electron chi connectivity index (χ4n) is 2.46. The van der Waals surface area contributed by atoms with Crippen LogP contribution in [0.3, 0.4) is 0 Å². The standard InChI is InChI=1S/C20H32O4/c1-5-14-23-18-13-10-12-17(22-4)19(18)20(21)24-15-9-7-6-8-11-16(2)3/h10,12-13,16H,5-9,11,14-15H2,1-4H3. The first-order valence-corrected chi connectivity index (χ1v) is 9.07. The molecular formula is C20H32O4. The minimum atomic E-state index is -0.374. The first-order chi connectivity index (χ1) is 11.6. The van der Waals surface area contributed by atoms with Crippen LogP contribution in [0.2, 0.25) is 0 Å². The summed E-state index contributed by atoms with van der Waals surface area (Å²) < 4.78 is 16.4. The van der Waals surface area contributed by atoms with E-state index in [4.69, 9.17) is 14.2 Å². The summed E-state index contributed by atoms with van der Waals surface area (Å²) in [5, 5.41) is 0. The van der Waals surface area contributed by atoms with Crippen LogP contribution in [0.25, 0.3) is 0 Å². The van der Waals surface area contributed by atoms with Gasteiger partial charge in [-0.3, -0.25) is 0 Å². The summed E-state index contributed by atoms with van der Waals surface area (Å²) in [7, 11) is 1.55. The van der Waals surface area contributed by atoms with Crippen LogP contribution in [-0.2, 0) is 4.74 Å². The Kier molecular flexibility index (Phi) is 9.97. The Morgan fingerprint density at radius 3 is 2.42 bits per heavy atom. The van der Waals surface area contributed by atoms with E-state index in [1.807, 2.05) is 13.0 Å². The van der Waals surface area contributed by atoms with Crippen LogP contribution in [0.1, 0.15) is 69.7 Å². The highest BCUT2D eigenvalue weighted by Gasteiger charge is 2.19. The first-order valence-electron chi connectivity index (χ1n) is 9.07. The van der Waals surface area contributed by atoms with E-state index in [0.29, 0.717) is 30.3 Å². The lowest BCUT2D eigenvalue weighted by molar-refractivity contribution is 0.0489. The zero-order chi connectivity index (χ0) is 17.8. The Bertz CT molecular complexity index is 483. The molecule has 4 nitrogen and oxygen atoms in total. The minimum absolute atomic E-state index is 0.374. The molecule has 0 aliphatic carbocycles. The SMILES string of the molecule is CCCOc1cccc(OC)c1C(=O)OCCCCCCC(C)C. The van der Waals surface area contributed by atoms with Crippen molar-refractivity contribution in [3.63, 3.8) is 0 Å². The number of methoxy groups -OCH3 is 1. The van der Waals surface area contributed by atoms with Crippen LogP contribution in [-0.4, -0.2) is 26.3 Å². The highest BCUT2D eigenvalue weighted by Crippen LogP contribution is 2.29. The first kappa shape index (κ1) is 20.3. The van der Waals surface area contributed by atoms with Gasteiger partial charge < -0.3 is 14.2 Å². The molecule has 0 saturated carbocycles. The summed E-state index contributed by atoms with van der Waals surface area (Å²) in [4.78, 5) is 12.4. The van der Waals surface area contributed by atoms with E-state index in [1.165, 1.54) is 19.3 Å². The molecular weight excluding hydrogens is 304 g/mol. The Balaban J connectivity index is 2.48. The average Bonchev–Trinajstić information content (AvgIpc) is 2.58. The maximum Gasteiger partial charge on any atom is 0.345 e. The highest BCUT2D eigenvalue weighted by molar-refractivity contribution is 5.95. The normalized spacial score (nSPS) is 10.7. The van der Waals surface area contributed by atoms with Crippen molar-refractivity contribution in [3.05, 3.63) is 23.8 Å². The van der Waals surface area contributed by atoms with Gasteiger partial charge in [0.05, 0.1) is 20.3 Å². The molecule has 0 saturated heterocycles. The van der Waals surface area contributed by atoms with Gasteiger partial charge in [-0.05, 0) is 30.9 Å². The van der Waals surface area contributed by atoms with E-state index >= 15 is 0 Å². The van der Waals surface area contributed by atoms with Crippen molar-refractivity contribution in [3.8, 4) is 11.5 Å². The summed E-state index contributed by atoms with van der Waals surface area (Å²) in [6.45, 7) is 7.51. The van der Waals surface area contributed by atoms with E-state index in [9.17, 15) is 4.79 Å². The third-order valence-corrected chi connectivity index (χ3v) is 3.78. The van der Waals surface area contributed by atoms with Gasteiger partial charge in [0.25, 0.3) is 0 Å². The number of rotatable bonds is 12. The number of carbonyl (C=O) groups excluding carboxylic acids is 1. The van der Waals surface area contributed by atoms with Crippen molar-refractivity contribution < 1.29 is 19.0 Å². The van der Waals surface area contributed by atoms with Crippen molar-refractivity contribution in [2.75, 3.05) is 20.3 Å². The molecule has 1 aromatic rings. The molecule has 0 fully saturated rings. The predicted molar refractivity (Wildman–Crippen MR) is 97.0 cm³/mol. The molecule has 0 radical (unpaired) electrons. The number of benzene rings is 1. The summed E-state index contributed by atoms with van der Waals surface area (Å²) in [5.41, 5.74) is 0.383. The molecule has 0 spiro atoms. The minimum Gasteiger partial charge on any atom is -0.496 e. The largest absolute Gasteiger partial charge is 0.496 e. The maximum absolute atomic E-state index is 12.4. The molecule has 0 amide bonds. The second-order valence-corrected chi connectivity index (χ2v) is 6.41. The third-order valence-electron chi connectivity index (χ3n) is 3.78. The van der Waals surface area contributed by atoms with Crippen LogP contribution in [0.4, 0.5) is 0 Å². The van der Waals surface area contributed by atoms with Crippen molar-refractivity contribution in [2.24, 2.45) is 5.92 Å². The molecule has 0 atom stereocenters. The van der Waals surface area contributed by atoms with Gasteiger partial charge in [0.1, 0.15) is 17.1 Å². The quantitative estimate of drug-likeness (QED) is 0.386. The predicted octanol–water partition coefficient (Wildman–Crippen LogP) is 5.25. The van der Waals surface area contributed by atoms with Gasteiger partial charge in [0.15, 0.2) is 0 Å². The molecule has 136 valence electrons. The fraction of sp³-hybridized carbons (Fsp3) is 0.650. The highest BCUT2D eigenvalue weighted by atomic mass is 16.5. The van der Waals surface area contributed by atoms with Gasteiger partial charge in [-0.15, -0.1) is 0 Å². The van der Waals surface area contributed by atoms with E-state index in [1.54, 1.807) is 19.2 Å². The third kappa shape index (κ3) is 7.24. The van der Waals surface area contributed by atoms with E-state index in [2.05, 4.69) is 13.8 Å². The Hall–Kier alpha value is -1.71. The van der Waals surface area contributed by atoms with Gasteiger partial charge in [0, 0.05) is 0 Å². The van der Waals surface area contributed by atoms with Crippen LogP contribution in [0, 0.1) is 5.92 Å². The average molecular weight is 336 g/mol. The summed E-state index contributed by atoms with van der Waals surface area (Å²) in [5.74, 6) is 1.40. The number of ether oxygens (including phenoxy) is 3. The molecule has 0 unspecified atom stereocenters. The molecule has 4 heteroatoms. The smallest absolute Gasteiger partial charge is 0.345 e. The van der Waals surface area contributed by atoms with Crippen molar-refractivity contribution in [1.29, 1.82) is 0 Å². The molecule has 0 bridgehead atoms.